The van der Waals surface area contributed by atoms with Crippen LogP contribution in [0, 0.1) is 11.8 Å². The van der Waals surface area contributed by atoms with Crippen LogP contribution in [0.4, 0.5) is 8.78 Å². The zero-order valence-electron chi connectivity index (χ0n) is 11.4. The summed E-state index contributed by atoms with van der Waals surface area (Å²) in [7, 11) is 0. The molecule has 0 aliphatic heterocycles. The molecule has 0 atom stereocenters. The fourth-order valence-corrected chi connectivity index (χ4v) is 3.49. The molecule has 1 aliphatic carbocycles. The summed E-state index contributed by atoms with van der Waals surface area (Å²) in [6, 6.07) is 1.19. The van der Waals surface area contributed by atoms with E-state index < -0.39 is 17.7 Å². The highest BCUT2D eigenvalue weighted by atomic mass is 32.2. The number of carbonyl (C=O) groups is 1. The number of carbonyl (C=O) groups excluding carboxylic acids is 1. The summed E-state index contributed by atoms with van der Waals surface area (Å²) >= 11 is 1.74. The molecule has 0 saturated heterocycles. The number of pyridine rings is 1. The molecule has 110 valence electrons. The molecular weight excluding hydrogens is 282 g/mol. The zero-order chi connectivity index (χ0) is 14.6. The molecule has 1 N–H and O–H groups in total. The minimum Gasteiger partial charge on any atom is -0.351 e. The Morgan fingerprint density at radius 3 is 2.75 bits per heavy atom. The Morgan fingerprint density at radius 2 is 2.10 bits per heavy atom. The van der Waals surface area contributed by atoms with Crippen LogP contribution < -0.4 is 5.32 Å². The second-order valence-corrected chi connectivity index (χ2v) is 6.37. The van der Waals surface area contributed by atoms with E-state index in [0.29, 0.717) is 6.54 Å². The van der Waals surface area contributed by atoms with Gasteiger partial charge in [0.2, 0.25) is 5.95 Å². The molecule has 3 nitrogen and oxygen atoms in total. The van der Waals surface area contributed by atoms with Crippen molar-refractivity contribution in [2.75, 3.05) is 12.8 Å². The molecule has 20 heavy (non-hydrogen) atoms. The minimum absolute atomic E-state index is 0.0238. The van der Waals surface area contributed by atoms with E-state index in [2.05, 4.69) is 10.3 Å². The molecule has 6 heteroatoms. The topological polar surface area (TPSA) is 42.0 Å². The number of nitrogens with one attached hydrogen (secondary N) is 1. The van der Waals surface area contributed by atoms with Gasteiger partial charge in [-0.2, -0.15) is 16.2 Å². The Labute approximate surface area is 121 Å². The summed E-state index contributed by atoms with van der Waals surface area (Å²) in [4.78, 5) is 15.1. The summed E-state index contributed by atoms with van der Waals surface area (Å²) in [6.07, 6.45) is 8.73. The van der Waals surface area contributed by atoms with Gasteiger partial charge in [0.05, 0.1) is 5.56 Å². The van der Waals surface area contributed by atoms with Gasteiger partial charge in [-0.1, -0.05) is 19.3 Å². The van der Waals surface area contributed by atoms with Crippen molar-refractivity contribution in [1.82, 2.24) is 10.3 Å². The number of rotatable bonds is 4. The normalized spacial score (nSPS) is 17.8. The maximum atomic E-state index is 13.5. The molecule has 1 saturated carbocycles. The summed E-state index contributed by atoms with van der Waals surface area (Å²) in [6.45, 7) is 0.483. The number of hydrogen-bond donors (Lipinski definition) is 1. The Balaban J connectivity index is 2.02. The van der Waals surface area contributed by atoms with Crippen molar-refractivity contribution in [3.8, 4) is 0 Å². The van der Waals surface area contributed by atoms with E-state index in [1.165, 1.54) is 12.5 Å². The van der Waals surface area contributed by atoms with Gasteiger partial charge in [-0.3, -0.25) is 4.79 Å². The highest BCUT2D eigenvalue weighted by Gasteiger charge is 2.31. The van der Waals surface area contributed by atoms with Crippen molar-refractivity contribution in [2.24, 2.45) is 0 Å². The van der Waals surface area contributed by atoms with Crippen LogP contribution in [0.5, 0.6) is 0 Å². The van der Waals surface area contributed by atoms with Gasteiger partial charge in [-0.25, -0.2) is 9.37 Å². The van der Waals surface area contributed by atoms with Gasteiger partial charge in [0.25, 0.3) is 5.91 Å². The third-order valence-corrected chi connectivity index (χ3v) is 5.28. The average molecular weight is 300 g/mol. The summed E-state index contributed by atoms with van der Waals surface area (Å²) < 4.78 is 26.5. The Kier molecular flexibility index (Phi) is 4.96. The largest absolute Gasteiger partial charge is 0.351 e. The SMILES string of the molecule is CSC1(CNC(=O)c2ccnc(F)c2F)CCCCC1. The summed E-state index contributed by atoms with van der Waals surface area (Å²) in [5.74, 6) is -3.01. The molecule has 1 fully saturated rings. The fraction of sp³-hybridized carbons (Fsp3) is 0.571. The molecule has 0 bridgehead atoms. The summed E-state index contributed by atoms with van der Waals surface area (Å²) in [5, 5.41) is 2.73. The van der Waals surface area contributed by atoms with Crippen molar-refractivity contribution in [2.45, 2.75) is 36.9 Å². The van der Waals surface area contributed by atoms with Crippen LogP contribution in [0.2, 0.25) is 0 Å². The molecule has 0 aromatic carbocycles. The maximum Gasteiger partial charge on any atom is 0.254 e. The van der Waals surface area contributed by atoms with E-state index in [1.807, 2.05) is 6.26 Å². The van der Waals surface area contributed by atoms with E-state index >= 15 is 0 Å². The second kappa shape index (κ2) is 6.52. The lowest BCUT2D eigenvalue weighted by Crippen LogP contribution is -2.42. The first-order valence-electron chi connectivity index (χ1n) is 6.71. The highest BCUT2D eigenvalue weighted by molar-refractivity contribution is 8.00. The van der Waals surface area contributed by atoms with Crippen LogP contribution in [-0.2, 0) is 0 Å². The molecule has 1 aromatic heterocycles. The molecule has 0 radical (unpaired) electrons. The molecule has 1 heterocycles. The zero-order valence-corrected chi connectivity index (χ0v) is 12.2. The van der Waals surface area contributed by atoms with Crippen LogP contribution in [-0.4, -0.2) is 28.4 Å². The number of aromatic nitrogens is 1. The monoisotopic (exact) mass is 300 g/mol. The first-order chi connectivity index (χ1) is 9.58. The number of amides is 1. The van der Waals surface area contributed by atoms with E-state index in [4.69, 9.17) is 0 Å². The predicted octanol–water partition coefficient (Wildman–Crippen LogP) is 3.16. The van der Waals surface area contributed by atoms with E-state index in [1.54, 1.807) is 11.8 Å². The number of halogens is 2. The van der Waals surface area contributed by atoms with Crippen LogP contribution >= 0.6 is 11.8 Å². The first kappa shape index (κ1) is 15.2. The predicted molar refractivity (Wildman–Crippen MR) is 75.8 cm³/mol. The standard InChI is InChI=1S/C14H18F2N2OS/c1-20-14(6-3-2-4-7-14)9-18-13(19)10-5-8-17-12(16)11(10)15/h5,8H,2-4,6-7,9H2,1H3,(H,18,19). The fourth-order valence-electron chi connectivity index (χ4n) is 2.58. The van der Waals surface area contributed by atoms with Gasteiger partial charge in [-0.15, -0.1) is 0 Å². The van der Waals surface area contributed by atoms with Gasteiger partial charge in [0.15, 0.2) is 5.82 Å². The van der Waals surface area contributed by atoms with E-state index in [-0.39, 0.29) is 10.3 Å². The van der Waals surface area contributed by atoms with Crippen molar-refractivity contribution in [1.29, 1.82) is 0 Å². The van der Waals surface area contributed by atoms with Crippen LogP contribution in [0.25, 0.3) is 0 Å². The lowest BCUT2D eigenvalue weighted by atomic mass is 9.88. The third kappa shape index (κ3) is 3.29. The molecule has 1 aliphatic rings. The number of thioether (sulfide) groups is 1. The van der Waals surface area contributed by atoms with E-state index in [0.717, 1.165) is 31.9 Å². The summed E-state index contributed by atoms with van der Waals surface area (Å²) in [5.41, 5.74) is -0.287. The van der Waals surface area contributed by atoms with Crippen LogP contribution in [0.15, 0.2) is 12.3 Å². The van der Waals surface area contributed by atoms with Gasteiger partial charge >= 0.3 is 0 Å². The molecule has 0 unspecified atom stereocenters. The minimum atomic E-state index is -1.24. The molecule has 1 amide bonds. The van der Waals surface area contributed by atoms with Gasteiger partial charge in [0.1, 0.15) is 0 Å². The number of nitrogens with zero attached hydrogens (tertiary/aromatic N) is 1. The smallest absolute Gasteiger partial charge is 0.254 e. The average Bonchev–Trinajstić information content (AvgIpc) is 2.48. The van der Waals surface area contributed by atoms with Crippen molar-refractivity contribution < 1.29 is 13.6 Å². The van der Waals surface area contributed by atoms with Gasteiger partial charge in [-0.05, 0) is 25.2 Å². The van der Waals surface area contributed by atoms with Crippen LogP contribution in [0.3, 0.4) is 0 Å². The molecule has 1 aromatic rings. The van der Waals surface area contributed by atoms with Crippen molar-refractivity contribution >= 4 is 17.7 Å². The number of hydrogen-bond acceptors (Lipinski definition) is 3. The Bertz CT molecular complexity index is 490. The van der Waals surface area contributed by atoms with Gasteiger partial charge in [0, 0.05) is 17.5 Å². The second-order valence-electron chi connectivity index (χ2n) is 5.09. The highest BCUT2D eigenvalue weighted by Crippen LogP contribution is 2.37. The molecule has 0 spiro atoms. The Hall–Kier alpha value is -1.17. The maximum absolute atomic E-state index is 13.5. The van der Waals surface area contributed by atoms with Crippen molar-refractivity contribution in [3.05, 3.63) is 29.6 Å². The molecule has 2 rings (SSSR count). The molecular formula is C14H18F2N2OS. The van der Waals surface area contributed by atoms with Crippen LogP contribution in [0.1, 0.15) is 42.5 Å². The quantitative estimate of drug-likeness (QED) is 0.869. The van der Waals surface area contributed by atoms with Crippen molar-refractivity contribution in [3.63, 3.8) is 0 Å². The first-order valence-corrected chi connectivity index (χ1v) is 7.94. The lowest BCUT2D eigenvalue weighted by Gasteiger charge is -2.35. The van der Waals surface area contributed by atoms with Gasteiger partial charge < -0.3 is 5.32 Å². The third-order valence-electron chi connectivity index (χ3n) is 3.86. The lowest BCUT2D eigenvalue weighted by molar-refractivity contribution is 0.0941. The van der Waals surface area contributed by atoms with E-state index in [9.17, 15) is 13.6 Å². The Morgan fingerprint density at radius 1 is 1.40 bits per heavy atom.